The van der Waals surface area contributed by atoms with Crippen molar-refractivity contribution < 1.29 is 22.3 Å². The van der Waals surface area contributed by atoms with Crippen molar-refractivity contribution in [2.75, 3.05) is 32.6 Å². The van der Waals surface area contributed by atoms with Crippen molar-refractivity contribution in [3.63, 3.8) is 0 Å². The number of furan rings is 1. The second-order valence-corrected chi connectivity index (χ2v) is 7.13. The highest BCUT2D eigenvalue weighted by Crippen LogP contribution is 2.14. The summed E-state index contributed by atoms with van der Waals surface area (Å²) in [4.78, 5) is 0. The molecule has 1 aliphatic rings. The van der Waals surface area contributed by atoms with Crippen molar-refractivity contribution in [3.8, 4) is 0 Å². The van der Waals surface area contributed by atoms with Gasteiger partial charge in [-0.3, -0.25) is 0 Å². The summed E-state index contributed by atoms with van der Waals surface area (Å²) in [6.45, 7) is 3.59. The summed E-state index contributed by atoms with van der Waals surface area (Å²) >= 11 is 0. The topological polar surface area (TPSA) is 69.0 Å². The summed E-state index contributed by atoms with van der Waals surface area (Å²) in [7, 11) is -1.75. The van der Waals surface area contributed by atoms with Gasteiger partial charge in [0.05, 0.1) is 31.3 Å². The maximum absolute atomic E-state index is 12.1. The van der Waals surface area contributed by atoms with E-state index in [1.807, 2.05) is 6.92 Å². The first-order valence-corrected chi connectivity index (χ1v) is 8.26. The van der Waals surface area contributed by atoms with Crippen LogP contribution in [0.1, 0.15) is 17.7 Å². The van der Waals surface area contributed by atoms with Crippen molar-refractivity contribution in [2.45, 2.75) is 26.0 Å². The van der Waals surface area contributed by atoms with Crippen LogP contribution in [0.4, 0.5) is 0 Å². The van der Waals surface area contributed by atoms with Crippen LogP contribution in [-0.2, 0) is 26.0 Å². The van der Waals surface area contributed by atoms with Crippen LogP contribution in [0, 0.1) is 6.92 Å². The van der Waals surface area contributed by atoms with Crippen LogP contribution < -0.4 is 0 Å². The lowest BCUT2D eigenvalue weighted by molar-refractivity contribution is 0.0516. The Morgan fingerprint density at radius 1 is 1.50 bits per heavy atom. The van der Waals surface area contributed by atoms with Crippen LogP contribution in [0.25, 0.3) is 0 Å². The lowest BCUT2D eigenvalue weighted by Crippen LogP contribution is -2.31. The smallest absolute Gasteiger partial charge is 0.216 e. The largest absolute Gasteiger partial charge is 0.469 e. The zero-order chi connectivity index (χ0) is 14.6. The zero-order valence-electron chi connectivity index (χ0n) is 11.9. The average Bonchev–Trinajstić information content (AvgIpc) is 3.02. The molecular formula is C13H21NO5S. The molecule has 1 atom stereocenters. The van der Waals surface area contributed by atoms with E-state index in [9.17, 15) is 8.42 Å². The molecule has 0 N–H and O–H groups in total. The summed E-state index contributed by atoms with van der Waals surface area (Å²) in [5.74, 6) is 0.725. The predicted octanol–water partition coefficient (Wildman–Crippen LogP) is 1.16. The summed E-state index contributed by atoms with van der Waals surface area (Å²) in [5.41, 5.74) is 0.876. The Bertz CT molecular complexity index is 519. The highest BCUT2D eigenvalue weighted by atomic mass is 32.2. The highest BCUT2D eigenvalue weighted by molar-refractivity contribution is 7.89. The molecule has 7 heteroatoms. The normalized spacial score (nSPS) is 19.9. The fourth-order valence-corrected chi connectivity index (χ4v) is 2.99. The fourth-order valence-electron chi connectivity index (χ4n) is 2.03. The van der Waals surface area contributed by atoms with Crippen molar-refractivity contribution in [1.29, 1.82) is 0 Å². The summed E-state index contributed by atoms with van der Waals surface area (Å²) in [6, 6.07) is 1.79. The Morgan fingerprint density at radius 2 is 2.30 bits per heavy atom. The minimum Gasteiger partial charge on any atom is -0.469 e. The minimum atomic E-state index is -3.32. The second kappa shape index (κ2) is 6.71. The lowest BCUT2D eigenvalue weighted by Gasteiger charge is -2.17. The number of rotatable bonds is 7. The number of aryl methyl sites for hydroxylation is 1. The molecule has 20 heavy (non-hydrogen) atoms. The Labute approximate surface area is 119 Å². The van der Waals surface area contributed by atoms with Gasteiger partial charge in [-0.05, 0) is 19.4 Å². The van der Waals surface area contributed by atoms with E-state index in [0.717, 1.165) is 17.7 Å². The van der Waals surface area contributed by atoms with Crippen LogP contribution in [-0.4, -0.2) is 51.4 Å². The van der Waals surface area contributed by atoms with E-state index in [1.165, 1.54) is 4.31 Å². The van der Waals surface area contributed by atoms with Crippen molar-refractivity contribution in [3.05, 3.63) is 23.7 Å². The van der Waals surface area contributed by atoms with Gasteiger partial charge in [-0.25, -0.2) is 12.7 Å². The van der Waals surface area contributed by atoms with E-state index < -0.39 is 10.0 Å². The Balaban J connectivity index is 1.81. The standard InChI is InChI=1S/C13H21NO5S/c1-11-12(3-6-18-11)9-14(2)20(15,16)8-7-19-13-4-5-17-10-13/h3,6,13H,4-5,7-10H2,1-2H3. The highest BCUT2D eigenvalue weighted by Gasteiger charge is 2.21. The Morgan fingerprint density at radius 3 is 2.90 bits per heavy atom. The maximum atomic E-state index is 12.1. The van der Waals surface area contributed by atoms with E-state index in [4.69, 9.17) is 13.9 Å². The molecule has 1 aliphatic heterocycles. The quantitative estimate of drug-likeness (QED) is 0.756. The third kappa shape index (κ3) is 4.05. The van der Waals surface area contributed by atoms with Gasteiger partial charge in [0.2, 0.25) is 10.0 Å². The molecule has 0 bridgehead atoms. The molecule has 2 heterocycles. The predicted molar refractivity (Wildman–Crippen MR) is 73.9 cm³/mol. The number of sulfonamides is 1. The fraction of sp³-hybridized carbons (Fsp3) is 0.692. The van der Waals surface area contributed by atoms with Crippen LogP contribution in [0.3, 0.4) is 0 Å². The summed E-state index contributed by atoms with van der Waals surface area (Å²) in [6.07, 6.45) is 2.44. The van der Waals surface area contributed by atoms with E-state index in [2.05, 4.69) is 0 Å². The number of ether oxygens (including phenoxy) is 2. The molecule has 0 aliphatic carbocycles. The van der Waals surface area contributed by atoms with Gasteiger partial charge in [-0.15, -0.1) is 0 Å². The van der Waals surface area contributed by atoms with Gasteiger partial charge in [-0.1, -0.05) is 0 Å². The molecule has 0 radical (unpaired) electrons. The van der Waals surface area contributed by atoms with Crippen LogP contribution >= 0.6 is 0 Å². The maximum Gasteiger partial charge on any atom is 0.216 e. The molecule has 1 saturated heterocycles. The van der Waals surface area contributed by atoms with Crippen LogP contribution in [0.2, 0.25) is 0 Å². The molecule has 6 nitrogen and oxygen atoms in total. The molecule has 0 spiro atoms. The van der Waals surface area contributed by atoms with Gasteiger partial charge >= 0.3 is 0 Å². The summed E-state index contributed by atoms with van der Waals surface area (Å²) < 4.78 is 41.4. The Hall–Kier alpha value is -0.890. The van der Waals surface area contributed by atoms with Gasteiger partial charge < -0.3 is 13.9 Å². The van der Waals surface area contributed by atoms with E-state index in [-0.39, 0.29) is 18.5 Å². The molecule has 0 amide bonds. The van der Waals surface area contributed by atoms with Crippen LogP contribution in [0.15, 0.2) is 16.7 Å². The molecule has 0 saturated carbocycles. The first kappa shape index (κ1) is 15.5. The van der Waals surface area contributed by atoms with Crippen molar-refractivity contribution >= 4 is 10.0 Å². The zero-order valence-corrected chi connectivity index (χ0v) is 12.7. The molecule has 114 valence electrons. The van der Waals surface area contributed by atoms with Gasteiger partial charge in [0, 0.05) is 25.8 Å². The average molecular weight is 303 g/mol. The van der Waals surface area contributed by atoms with Gasteiger partial charge in [0.15, 0.2) is 0 Å². The molecule has 1 fully saturated rings. The van der Waals surface area contributed by atoms with Gasteiger partial charge in [-0.2, -0.15) is 0 Å². The number of hydrogen-bond acceptors (Lipinski definition) is 5. The minimum absolute atomic E-state index is 0.0170. The van der Waals surface area contributed by atoms with Gasteiger partial charge in [0.1, 0.15) is 5.76 Å². The first-order valence-electron chi connectivity index (χ1n) is 6.65. The molecule has 1 aromatic heterocycles. The second-order valence-electron chi connectivity index (χ2n) is 4.93. The van der Waals surface area contributed by atoms with Crippen molar-refractivity contribution in [1.82, 2.24) is 4.31 Å². The number of hydrogen-bond donors (Lipinski definition) is 0. The molecule has 0 aromatic carbocycles. The lowest BCUT2D eigenvalue weighted by atomic mass is 10.3. The van der Waals surface area contributed by atoms with Crippen LogP contribution in [0.5, 0.6) is 0 Å². The first-order chi connectivity index (χ1) is 9.49. The number of nitrogens with zero attached hydrogens (tertiary/aromatic N) is 1. The monoisotopic (exact) mass is 303 g/mol. The van der Waals surface area contributed by atoms with Gasteiger partial charge in [0.25, 0.3) is 0 Å². The molecule has 1 aromatic rings. The molecule has 2 rings (SSSR count). The van der Waals surface area contributed by atoms with E-state index >= 15 is 0 Å². The van der Waals surface area contributed by atoms with E-state index in [1.54, 1.807) is 19.4 Å². The van der Waals surface area contributed by atoms with E-state index in [0.29, 0.717) is 19.8 Å². The summed E-state index contributed by atoms with van der Waals surface area (Å²) in [5, 5.41) is 0. The van der Waals surface area contributed by atoms with Crippen molar-refractivity contribution in [2.24, 2.45) is 0 Å². The molecule has 1 unspecified atom stereocenters. The SMILES string of the molecule is Cc1occc1CN(C)S(=O)(=O)CCOC1CCOC1. The Kier molecular flexibility index (Phi) is 5.20. The molecular weight excluding hydrogens is 282 g/mol. The third-order valence-corrected chi connectivity index (χ3v) is 5.18. The third-order valence-electron chi connectivity index (χ3n) is 3.42.